The van der Waals surface area contributed by atoms with Gasteiger partial charge in [-0.1, -0.05) is 0 Å². The Morgan fingerprint density at radius 3 is 1.38 bits per heavy atom. The van der Waals surface area contributed by atoms with Gasteiger partial charge in [-0.05, 0) is 0 Å². The number of unbranched alkanes of at least 4 members (excludes halogenated alkanes) is 3. The minimum atomic E-state index is -4.95. The first-order valence-electron chi connectivity index (χ1n) is 21.2. The van der Waals surface area contributed by atoms with Crippen molar-refractivity contribution in [1.29, 1.82) is 0 Å². The van der Waals surface area contributed by atoms with Crippen LogP contribution in [0.3, 0.4) is 0 Å². The first kappa shape index (κ1) is 43.6. The molecule has 0 fully saturated rings. The molecule has 0 aliphatic heterocycles. The zero-order valence-corrected chi connectivity index (χ0v) is 41.5. The molecular weight excluding hydrogens is 819 g/mol. The van der Waals surface area contributed by atoms with Crippen LogP contribution in [0.1, 0.15) is 142 Å². The second-order valence-corrected chi connectivity index (χ2v) is 61.5. The zero-order chi connectivity index (χ0) is 40.9. The number of hydrogen-bond acceptors (Lipinski definition) is 1. The molecule has 4 aromatic carbocycles. The molecule has 2 aliphatic rings. The summed E-state index contributed by atoms with van der Waals surface area (Å²) in [6, 6.07) is 33.4. The molecule has 0 radical (unpaired) electrons. The number of benzene rings is 4. The average molecular weight is 886 g/mol. The molecule has 1 nitrogen and oxygen atoms in total. The van der Waals surface area contributed by atoms with Gasteiger partial charge >= 0.3 is 352 Å². The molecule has 0 bridgehead atoms. The molecule has 3 atom stereocenters. The van der Waals surface area contributed by atoms with Crippen LogP contribution in [0.4, 0.5) is 0 Å². The van der Waals surface area contributed by atoms with Gasteiger partial charge in [-0.25, -0.2) is 0 Å². The van der Waals surface area contributed by atoms with Crippen LogP contribution in [0.2, 0.25) is 12.6 Å². The van der Waals surface area contributed by atoms with E-state index < -0.39 is 21.5 Å². The normalized spacial score (nSPS) is 18.5. The Hall–Kier alpha value is -2.00. The van der Waals surface area contributed by atoms with E-state index in [-0.39, 0.29) is 23.7 Å². The van der Waals surface area contributed by atoms with Gasteiger partial charge in [0.15, 0.2) is 0 Å². The van der Waals surface area contributed by atoms with Crippen molar-refractivity contribution in [1.82, 2.24) is 0 Å². The third kappa shape index (κ3) is 8.66. The van der Waals surface area contributed by atoms with Gasteiger partial charge in [0.1, 0.15) is 0 Å². The summed E-state index contributed by atoms with van der Waals surface area (Å²) in [7, 11) is 17.8. The fraction of sp³-hybridized carbons (Fsp3) is 0.451. The monoisotopic (exact) mass is 883 g/mol. The number of fused-ring (bicyclic) bond motifs is 2. The SMILES string of the molecule is CC1=Cc2c(-c3ccc(C(C)(C)C)cc3)cccc2[CH]1[Zr]([Cl])([Cl])([CH]1C(C)=Cc2c(-c3ccc(C(C)(C)C)cc3)cccc21)[SiH](C)CCCCCCOC(C)(C)C. The number of allylic oxidation sites excluding steroid dienone is 2. The van der Waals surface area contributed by atoms with Crippen LogP contribution < -0.4 is 0 Å². The Morgan fingerprint density at radius 1 is 0.571 bits per heavy atom. The van der Waals surface area contributed by atoms with Crippen LogP contribution in [-0.4, -0.2) is 18.1 Å². The summed E-state index contributed by atoms with van der Waals surface area (Å²) in [5.74, 6) is -1.74. The van der Waals surface area contributed by atoms with Crippen molar-refractivity contribution in [2.75, 3.05) is 6.61 Å². The van der Waals surface area contributed by atoms with E-state index in [1.54, 1.807) is 0 Å². The van der Waals surface area contributed by atoms with Gasteiger partial charge < -0.3 is 0 Å². The van der Waals surface area contributed by atoms with Crippen LogP contribution in [0.15, 0.2) is 96.1 Å². The fourth-order valence-corrected chi connectivity index (χ4v) is 51.9. The Labute approximate surface area is 349 Å². The summed E-state index contributed by atoms with van der Waals surface area (Å²) in [5.41, 5.74) is 15.9. The van der Waals surface area contributed by atoms with Gasteiger partial charge in [-0.15, -0.1) is 0 Å². The molecule has 299 valence electrons. The van der Waals surface area contributed by atoms with Crippen LogP contribution >= 0.6 is 17.0 Å². The molecule has 0 aromatic heterocycles. The number of ether oxygens (including phenoxy) is 1. The van der Waals surface area contributed by atoms with Gasteiger partial charge in [0, 0.05) is 0 Å². The van der Waals surface area contributed by atoms with Crippen LogP contribution in [0.25, 0.3) is 34.4 Å². The summed E-state index contributed by atoms with van der Waals surface area (Å²) < 4.78 is 6.18. The molecule has 0 amide bonds. The predicted octanol–water partition coefficient (Wildman–Crippen LogP) is 16.0. The zero-order valence-electron chi connectivity index (χ0n) is 36.4. The van der Waals surface area contributed by atoms with E-state index in [1.165, 1.54) is 92.1 Å². The maximum atomic E-state index is 8.89. The van der Waals surface area contributed by atoms with E-state index in [4.69, 9.17) is 21.8 Å². The van der Waals surface area contributed by atoms with Gasteiger partial charge in [0.2, 0.25) is 0 Å². The third-order valence-corrected chi connectivity index (χ3v) is 63.5. The topological polar surface area (TPSA) is 9.23 Å². The molecule has 0 saturated carbocycles. The Bertz CT molecular complexity index is 1970. The van der Waals surface area contributed by atoms with Gasteiger partial charge in [-0.2, -0.15) is 0 Å². The first-order chi connectivity index (χ1) is 26.1. The van der Waals surface area contributed by atoms with E-state index in [1.807, 2.05) is 0 Å². The van der Waals surface area contributed by atoms with Crippen molar-refractivity contribution >= 4 is 35.1 Å². The molecule has 0 saturated heterocycles. The van der Waals surface area contributed by atoms with Crippen molar-refractivity contribution in [2.45, 2.75) is 138 Å². The Morgan fingerprint density at radius 2 is 0.982 bits per heavy atom. The van der Waals surface area contributed by atoms with Gasteiger partial charge in [0.25, 0.3) is 0 Å². The number of halogens is 2. The maximum absolute atomic E-state index is 8.89. The quantitative estimate of drug-likeness (QED) is 0.102. The van der Waals surface area contributed by atoms with E-state index in [0.29, 0.717) is 0 Å². The average Bonchev–Trinajstić information content (AvgIpc) is 3.66. The van der Waals surface area contributed by atoms with Crippen LogP contribution in [0, 0.1) is 0 Å². The van der Waals surface area contributed by atoms with Gasteiger partial charge in [-0.3, -0.25) is 0 Å². The summed E-state index contributed by atoms with van der Waals surface area (Å²) in [6.45, 7) is 28.1. The van der Waals surface area contributed by atoms with Crippen molar-refractivity contribution < 1.29 is 20.3 Å². The van der Waals surface area contributed by atoms with Crippen LogP contribution in [-0.2, 0) is 31.1 Å². The van der Waals surface area contributed by atoms with E-state index in [2.05, 4.69) is 180 Å². The molecule has 0 N–H and O–H groups in total. The minimum absolute atomic E-state index is 0.0689. The summed E-state index contributed by atoms with van der Waals surface area (Å²) >= 11 is -4.95. The molecule has 4 aromatic rings. The summed E-state index contributed by atoms with van der Waals surface area (Å²) in [4.78, 5) is 0. The molecule has 0 spiro atoms. The molecule has 56 heavy (non-hydrogen) atoms. The Kier molecular flexibility index (Phi) is 12.6. The number of rotatable bonds is 12. The fourth-order valence-electron chi connectivity index (χ4n) is 9.67. The molecule has 5 heteroatoms. The second kappa shape index (κ2) is 16.2. The van der Waals surface area contributed by atoms with Gasteiger partial charge in [0.05, 0.1) is 0 Å². The van der Waals surface area contributed by atoms with E-state index >= 15 is 0 Å². The van der Waals surface area contributed by atoms with Crippen LogP contribution in [0.5, 0.6) is 0 Å². The summed E-state index contributed by atoms with van der Waals surface area (Å²) in [6.07, 6.45) is 9.54. The molecule has 3 unspecified atom stereocenters. The van der Waals surface area contributed by atoms with Crippen molar-refractivity contribution in [2.24, 2.45) is 0 Å². The van der Waals surface area contributed by atoms with Crippen molar-refractivity contribution in [3.8, 4) is 22.3 Å². The van der Waals surface area contributed by atoms with E-state index in [0.717, 1.165) is 13.0 Å². The second-order valence-electron chi connectivity index (χ2n) is 20.2. The Balaban J connectivity index is 1.42. The predicted molar refractivity (Wildman–Crippen MR) is 248 cm³/mol. The third-order valence-electron chi connectivity index (χ3n) is 12.8. The molecule has 6 rings (SSSR count). The van der Waals surface area contributed by atoms with E-state index in [9.17, 15) is 0 Å². The number of hydrogen-bond donors (Lipinski definition) is 0. The standard InChI is InChI=1S/2C20H21.C11H25OSi.2ClH.Zr/c2*1-14-12-16-6-5-7-18(19(16)13-14)15-8-10-17(11-9-15)20(2,3)4;1-11(2,3)12-9-7-5-6-8-10-13-4;;;/h2*5-13H,1-4H3;13H,5-10H2,1-4H3;2*1H;/q;;;;;+2/p-2. The van der Waals surface area contributed by atoms with Crippen molar-refractivity contribution in [3.05, 3.63) is 129 Å². The molecule has 2 aliphatic carbocycles. The first-order valence-corrected chi connectivity index (χ1v) is 37.1. The summed E-state index contributed by atoms with van der Waals surface area (Å²) in [5, 5.41) is 0. The van der Waals surface area contributed by atoms with Crippen molar-refractivity contribution in [3.63, 3.8) is 0 Å². The molecular formula is C51H67Cl2OSiZr. The molecule has 0 heterocycles.